The topological polar surface area (TPSA) is 45.8 Å². The van der Waals surface area contributed by atoms with Crippen molar-refractivity contribution in [3.05, 3.63) is 65.9 Å². The number of nitrogens with zero attached hydrogens (tertiary/aromatic N) is 1. The van der Waals surface area contributed by atoms with Crippen LogP contribution >= 0.6 is 0 Å². The molecule has 0 saturated carbocycles. The normalized spacial score (nSPS) is 10.7. The van der Waals surface area contributed by atoms with E-state index in [1.807, 2.05) is 0 Å². The Bertz CT molecular complexity index is 838. The van der Waals surface area contributed by atoms with Crippen molar-refractivity contribution in [1.29, 1.82) is 0 Å². The molecule has 110 valence electrons. The van der Waals surface area contributed by atoms with Crippen LogP contribution in [0.4, 0.5) is 8.78 Å². The van der Waals surface area contributed by atoms with Crippen LogP contribution in [0.25, 0.3) is 22.6 Å². The van der Waals surface area contributed by atoms with E-state index >= 15 is 0 Å². The molecule has 22 heavy (non-hydrogen) atoms. The first-order valence-electron chi connectivity index (χ1n) is 6.66. The van der Waals surface area contributed by atoms with E-state index in [1.165, 1.54) is 31.2 Å². The van der Waals surface area contributed by atoms with E-state index in [0.29, 0.717) is 17.1 Å². The van der Waals surface area contributed by atoms with Gasteiger partial charge in [0.05, 0.1) is 17.5 Å². The Balaban J connectivity index is 1.97. The Morgan fingerprint density at radius 3 is 2.45 bits per heavy atom. The molecule has 3 rings (SSSR count). The number of carbonyl (C=O) groups excluding carboxylic acids is 1. The van der Waals surface area contributed by atoms with E-state index in [1.54, 1.807) is 24.4 Å². The van der Waals surface area contributed by atoms with Gasteiger partial charge < -0.3 is 4.98 Å². The number of hydrogen-bond acceptors (Lipinski definition) is 2. The van der Waals surface area contributed by atoms with Gasteiger partial charge in [-0.05, 0) is 48.9 Å². The molecule has 0 bridgehead atoms. The molecule has 0 saturated heterocycles. The van der Waals surface area contributed by atoms with E-state index in [0.717, 1.165) is 5.56 Å². The summed E-state index contributed by atoms with van der Waals surface area (Å²) in [6.07, 6.45) is 1.56. The van der Waals surface area contributed by atoms with Crippen molar-refractivity contribution >= 4 is 5.78 Å². The smallest absolute Gasteiger partial charge is 0.159 e. The number of aromatic amines is 1. The van der Waals surface area contributed by atoms with Crippen LogP contribution in [0.1, 0.15) is 17.3 Å². The van der Waals surface area contributed by atoms with Crippen molar-refractivity contribution in [3.8, 4) is 22.6 Å². The summed E-state index contributed by atoms with van der Waals surface area (Å²) in [7, 11) is 0. The summed E-state index contributed by atoms with van der Waals surface area (Å²) in [4.78, 5) is 18.4. The summed E-state index contributed by atoms with van der Waals surface area (Å²) in [5.74, 6) is -0.689. The molecular weight excluding hydrogens is 286 g/mol. The number of Topliss-reactive ketones (excluding diaryl/α,β-unsaturated/α-hetero) is 1. The van der Waals surface area contributed by atoms with Gasteiger partial charge in [-0.1, -0.05) is 6.07 Å². The lowest BCUT2D eigenvalue weighted by atomic mass is 10.1. The van der Waals surface area contributed by atoms with Gasteiger partial charge in [-0.25, -0.2) is 13.8 Å². The first-order chi connectivity index (χ1) is 10.5. The van der Waals surface area contributed by atoms with Gasteiger partial charge in [-0.3, -0.25) is 4.79 Å². The van der Waals surface area contributed by atoms with E-state index in [9.17, 15) is 13.6 Å². The maximum absolute atomic E-state index is 14.1. The van der Waals surface area contributed by atoms with Crippen LogP contribution in [0.3, 0.4) is 0 Å². The van der Waals surface area contributed by atoms with Crippen molar-refractivity contribution in [2.24, 2.45) is 0 Å². The molecule has 1 aromatic heterocycles. The molecule has 0 aliphatic rings. The minimum absolute atomic E-state index is 0.197. The number of carbonyl (C=O) groups is 1. The summed E-state index contributed by atoms with van der Waals surface area (Å²) in [6.45, 7) is 1.38. The Kier molecular flexibility index (Phi) is 3.55. The second-order valence-electron chi connectivity index (χ2n) is 4.90. The van der Waals surface area contributed by atoms with Crippen molar-refractivity contribution < 1.29 is 13.6 Å². The minimum atomic E-state index is -0.521. The van der Waals surface area contributed by atoms with Crippen molar-refractivity contribution in [3.63, 3.8) is 0 Å². The Morgan fingerprint density at radius 1 is 1.09 bits per heavy atom. The molecule has 1 heterocycles. The van der Waals surface area contributed by atoms with Crippen LogP contribution in [-0.2, 0) is 0 Å². The monoisotopic (exact) mass is 298 g/mol. The van der Waals surface area contributed by atoms with Gasteiger partial charge in [-0.2, -0.15) is 0 Å². The highest BCUT2D eigenvalue weighted by Crippen LogP contribution is 2.25. The lowest BCUT2D eigenvalue weighted by Gasteiger charge is -2.02. The number of hydrogen-bond donors (Lipinski definition) is 1. The molecule has 2 aromatic carbocycles. The highest BCUT2D eigenvalue weighted by atomic mass is 19.1. The number of aromatic nitrogens is 2. The summed E-state index contributed by atoms with van der Waals surface area (Å²) in [6, 6.07) is 10.2. The molecule has 1 N–H and O–H groups in total. The number of imidazole rings is 1. The van der Waals surface area contributed by atoms with Crippen LogP contribution < -0.4 is 0 Å². The van der Waals surface area contributed by atoms with Gasteiger partial charge in [0.1, 0.15) is 17.5 Å². The number of rotatable bonds is 3. The summed E-state index contributed by atoms with van der Waals surface area (Å²) in [5, 5.41) is 0. The van der Waals surface area contributed by atoms with Crippen LogP contribution in [0, 0.1) is 11.6 Å². The molecule has 0 unspecified atom stereocenters. The summed E-state index contributed by atoms with van der Waals surface area (Å²) >= 11 is 0. The number of benzene rings is 2. The third-order valence-corrected chi connectivity index (χ3v) is 3.36. The fraction of sp³-hybridized carbons (Fsp3) is 0.0588. The summed E-state index contributed by atoms with van der Waals surface area (Å²) < 4.78 is 27.0. The molecule has 0 fully saturated rings. The van der Waals surface area contributed by atoms with Crippen LogP contribution in [-0.4, -0.2) is 15.8 Å². The van der Waals surface area contributed by atoms with Crippen molar-refractivity contribution in [1.82, 2.24) is 9.97 Å². The van der Waals surface area contributed by atoms with Crippen molar-refractivity contribution in [2.45, 2.75) is 6.92 Å². The zero-order valence-electron chi connectivity index (χ0n) is 11.7. The minimum Gasteiger partial charge on any atom is -0.338 e. The third kappa shape index (κ3) is 2.65. The molecule has 0 aliphatic carbocycles. The van der Waals surface area contributed by atoms with E-state index in [-0.39, 0.29) is 17.2 Å². The van der Waals surface area contributed by atoms with E-state index < -0.39 is 5.82 Å². The van der Waals surface area contributed by atoms with Gasteiger partial charge >= 0.3 is 0 Å². The van der Waals surface area contributed by atoms with E-state index in [4.69, 9.17) is 0 Å². The summed E-state index contributed by atoms with van der Waals surface area (Å²) in [5.41, 5.74) is 2.00. The van der Waals surface area contributed by atoms with Crippen LogP contribution in [0.2, 0.25) is 0 Å². The Hall–Kier alpha value is -2.82. The Labute approximate surface area is 125 Å². The second-order valence-corrected chi connectivity index (χ2v) is 4.90. The van der Waals surface area contributed by atoms with Crippen LogP contribution in [0.15, 0.2) is 48.7 Å². The van der Waals surface area contributed by atoms with Crippen molar-refractivity contribution in [2.75, 3.05) is 0 Å². The van der Waals surface area contributed by atoms with Gasteiger partial charge in [-0.15, -0.1) is 0 Å². The molecule has 3 nitrogen and oxygen atoms in total. The molecule has 3 aromatic rings. The molecule has 0 aliphatic heterocycles. The quantitative estimate of drug-likeness (QED) is 0.736. The number of ketones is 1. The predicted octanol–water partition coefficient (Wildman–Crippen LogP) is 4.22. The highest BCUT2D eigenvalue weighted by Gasteiger charge is 2.12. The zero-order chi connectivity index (χ0) is 15.7. The number of H-pyrrole nitrogens is 1. The highest BCUT2D eigenvalue weighted by molar-refractivity contribution is 5.94. The Morgan fingerprint density at radius 2 is 1.82 bits per heavy atom. The average molecular weight is 298 g/mol. The predicted molar refractivity (Wildman–Crippen MR) is 79.4 cm³/mol. The van der Waals surface area contributed by atoms with Gasteiger partial charge in [0.15, 0.2) is 5.78 Å². The first-order valence-corrected chi connectivity index (χ1v) is 6.66. The second kappa shape index (κ2) is 5.52. The zero-order valence-corrected chi connectivity index (χ0v) is 11.7. The largest absolute Gasteiger partial charge is 0.338 e. The SMILES string of the molecule is CC(=O)c1ccc(-c2ncc(-c3ccc(F)cc3)[nH]2)c(F)c1. The molecule has 0 atom stereocenters. The standard InChI is InChI=1S/C17H12F2N2O/c1-10(22)12-4-7-14(15(19)8-12)17-20-9-16(21-17)11-2-5-13(18)6-3-11/h2-9H,1H3,(H,20,21). The van der Waals surface area contributed by atoms with E-state index in [2.05, 4.69) is 9.97 Å². The maximum atomic E-state index is 14.1. The first kappa shape index (κ1) is 14.1. The molecule has 5 heteroatoms. The van der Waals surface area contributed by atoms with Crippen LogP contribution in [0.5, 0.6) is 0 Å². The molecular formula is C17H12F2N2O. The lowest BCUT2D eigenvalue weighted by molar-refractivity contribution is 0.101. The fourth-order valence-corrected chi connectivity index (χ4v) is 2.16. The maximum Gasteiger partial charge on any atom is 0.159 e. The fourth-order valence-electron chi connectivity index (χ4n) is 2.16. The molecule has 0 spiro atoms. The number of halogens is 2. The molecule has 0 amide bonds. The van der Waals surface area contributed by atoms with Gasteiger partial charge in [0.2, 0.25) is 0 Å². The van der Waals surface area contributed by atoms with Gasteiger partial charge in [0, 0.05) is 5.56 Å². The lowest BCUT2D eigenvalue weighted by Crippen LogP contribution is -1.95. The number of nitrogens with one attached hydrogen (secondary N) is 1. The average Bonchev–Trinajstić information content (AvgIpc) is 2.97. The van der Waals surface area contributed by atoms with Gasteiger partial charge in [0.25, 0.3) is 0 Å². The third-order valence-electron chi connectivity index (χ3n) is 3.36. The molecule has 0 radical (unpaired) electrons.